The Morgan fingerprint density at radius 2 is 1.19 bits per heavy atom. The molecule has 2 aliphatic rings. The van der Waals surface area contributed by atoms with Crippen LogP contribution < -0.4 is 5.32 Å². The van der Waals surface area contributed by atoms with Crippen LogP contribution in [0.4, 0.5) is 4.79 Å². The maximum absolute atomic E-state index is 13.7. The molecule has 3 amide bonds. The van der Waals surface area contributed by atoms with Gasteiger partial charge in [0.2, 0.25) is 5.91 Å². The molecule has 0 radical (unpaired) electrons. The zero-order valence-corrected chi connectivity index (χ0v) is 29.6. The van der Waals surface area contributed by atoms with Gasteiger partial charge in [-0.1, -0.05) is 78.9 Å². The molecule has 4 N–H and O–H groups in total. The summed E-state index contributed by atoms with van der Waals surface area (Å²) in [6, 6.07) is 24.0. The minimum Gasteiger partial charge on any atom is -0.465 e. The number of hydrogen-bond donors (Lipinski definition) is 4. The van der Waals surface area contributed by atoms with Crippen LogP contribution in [0.2, 0.25) is 0 Å². The highest BCUT2D eigenvalue weighted by molar-refractivity contribution is 5.87. The lowest BCUT2D eigenvalue weighted by molar-refractivity contribution is -0.136. The number of nitrogens with zero attached hydrogens (tertiary/aromatic N) is 5. The van der Waals surface area contributed by atoms with E-state index in [1.54, 1.807) is 35.4 Å². The average Bonchev–Trinajstić information content (AvgIpc) is 4.00. The predicted molar refractivity (Wildman–Crippen MR) is 198 cm³/mol. The second-order valence-electron chi connectivity index (χ2n) is 13.8. The standard InChI is InChI=1S/C40H44N8O4/c1-25(46(2)3)38(49)47-21-7-11-33(47)36-41-23-31(43-36)28-17-13-26(14-18-28)27-15-19-29(20-16-27)32-24-42-37(44-32)34-12-8-22-48(34)39(50)35(45-40(51)52)30-9-5-4-6-10-30/h4-6,9-10,13-20,23-25,33-35,45H,7-8,11-12,21-22H2,1-3H3,(H,41,43)(H,42,44)(H,51,52)/t25?,33-,34-,35+/m0/s1. The molecule has 7 rings (SSSR count). The minimum atomic E-state index is -1.25. The van der Waals surface area contributed by atoms with E-state index in [1.165, 1.54) is 0 Å². The number of imidazole rings is 2. The van der Waals surface area contributed by atoms with E-state index in [1.807, 2.05) is 55.2 Å². The number of H-pyrrole nitrogens is 2. The van der Waals surface area contributed by atoms with Crippen LogP contribution in [0.25, 0.3) is 33.6 Å². The molecule has 2 fully saturated rings. The third kappa shape index (κ3) is 7.06. The highest BCUT2D eigenvalue weighted by atomic mass is 16.4. The second-order valence-corrected chi connectivity index (χ2v) is 13.8. The summed E-state index contributed by atoms with van der Waals surface area (Å²) in [5.74, 6) is 1.34. The van der Waals surface area contributed by atoms with Crippen LogP contribution in [0.15, 0.2) is 91.3 Å². The van der Waals surface area contributed by atoms with Crippen molar-refractivity contribution in [1.29, 1.82) is 0 Å². The molecule has 52 heavy (non-hydrogen) atoms. The van der Waals surface area contributed by atoms with Crippen molar-refractivity contribution >= 4 is 17.9 Å². The molecule has 1 unspecified atom stereocenters. The zero-order valence-electron chi connectivity index (χ0n) is 29.6. The fraction of sp³-hybridized carbons (Fsp3) is 0.325. The number of likely N-dealkylation sites (N-methyl/N-ethyl adjacent to an activating group) is 1. The van der Waals surface area contributed by atoms with E-state index in [2.05, 4.69) is 61.7 Å². The van der Waals surface area contributed by atoms with Gasteiger partial charge in [-0.2, -0.15) is 0 Å². The van der Waals surface area contributed by atoms with E-state index in [0.717, 1.165) is 71.7 Å². The summed E-state index contributed by atoms with van der Waals surface area (Å²) in [5.41, 5.74) is 6.50. The van der Waals surface area contributed by atoms with E-state index in [-0.39, 0.29) is 29.9 Å². The molecule has 2 saturated heterocycles. The topological polar surface area (TPSA) is 151 Å². The van der Waals surface area contributed by atoms with E-state index in [9.17, 15) is 19.5 Å². The van der Waals surface area contributed by atoms with Crippen molar-refractivity contribution in [3.8, 4) is 33.6 Å². The number of benzene rings is 3. The van der Waals surface area contributed by atoms with Crippen molar-refractivity contribution < 1.29 is 19.5 Å². The zero-order chi connectivity index (χ0) is 36.4. The van der Waals surface area contributed by atoms with Gasteiger partial charge >= 0.3 is 6.09 Å². The van der Waals surface area contributed by atoms with Crippen LogP contribution >= 0.6 is 0 Å². The van der Waals surface area contributed by atoms with Crippen LogP contribution in [0.3, 0.4) is 0 Å². The van der Waals surface area contributed by atoms with E-state index < -0.39 is 12.1 Å². The summed E-state index contributed by atoms with van der Waals surface area (Å²) in [6.07, 6.45) is 5.78. The van der Waals surface area contributed by atoms with Crippen LogP contribution in [-0.2, 0) is 9.59 Å². The van der Waals surface area contributed by atoms with E-state index in [4.69, 9.17) is 0 Å². The molecule has 4 atom stereocenters. The molecular weight excluding hydrogens is 656 g/mol. The SMILES string of the molecule is CC(C(=O)N1CCC[C@H]1c1ncc(-c2ccc(-c3ccc(-c4cnc([C@@H]5CCCN5C(=O)[C@H](NC(=O)O)c5ccccc5)[nH]4)cc3)cc2)[nH]1)N(C)C. The Morgan fingerprint density at radius 3 is 1.65 bits per heavy atom. The van der Waals surface area contributed by atoms with Gasteiger partial charge in [-0.15, -0.1) is 0 Å². The molecule has 4 heterocycles. The summed E-state index contributed by atoms with van der Waals surface area (Å²) in [5, 5.41) is 11.9. The lowest BCUT2D eigenvalue weighted by Gasteiger charge is -2.29. The van der Waals surface area contributed by atoms with Crippen molar-refractivity contribution in [2.45, 2.75) is 56.8 Å². The molecule has 3 aromatic carbocycles. The number of carboxylic acid groups (broad SMARTS) is 1. The Hall–Kier alpha value is -5.75. The fourth-order valence-electron chi connectivity index (χ4n) is 7.30. The molecule has 0 bridgehead atoms. The Morgan fingerprint density at radius 1 is 0.731 bits per heavy atom. The predicted octanol–water partition coefficient (Wildman–Crippen LogP) is 6.42. The average molecular weight is 701 g/mol. The van der Waals surface area contributed by atoms with Crippen molar-refractivity contribution in [2.75, 3.05) is 27.2 Å². The van der Waals surface area contributed by atoms with Crippen molar-refractivity contribution in [1.82, 2.24) is 40.0 Å². The fourth-order valence-corrected chi connectivity index (χ4v) is 7.30. The van der Waals surface area contributed by atoms with Gasteiger partial charge in [0, 0.05) is 13.1 Å². The maximum atomic E-state index is 13.7. The van der Waals surface area contributed by atoms with Crippen molar-refractivity contribution in [3.63, 3.8) is 0 Å². The summed E-state index contributed by atoms with van der Waals surface area (Å²) in [6.45, 7) is 3.21. The first kappa shape index (κ1) is 34.7. The third-order valence-electron chi connectivity index (χ3n) is 10.4. The Kier molecular flexibility index (Phi) is 9.90. The summed E-state index contributed by atoms with van der Waals surface area (Å²) < 4.78 is 0. The number of carbonyl (C=O) groups excluding carboxylic acids is 2. The number of hydrogen-bond acceptors (Lipinski definition) is 6. The Bertz CT molecular complexity index is 2020. The molecule has 0 saturated carbocycles. The van der Waals surface area contributed by atoms with Gasteiger partial charge in [0.05, 0.1) is 41.9 Å². The van der Waals surface area contributed by atoms with Crippen LogP contribution in [0.5, 0.6) is 0 Å². The number of nitrogens with one attached hydrogen (secondary N) is 3. The lowest BCUT2D eigenvalue weighted by Crippen LogP contribution is -2.44. The third-order valence-corrected chi connectivity index (χ3v) is 10.4. The smallest absolute Gasteiger partial charge is 0.405 e. The van der Waals surface area contributed by atoms with E-state index >= 15 is 0 Å². The lowest BCUT2D eigenvalue weighted by atomic mass is 10.0. The highest BCUT2D eigenvalue weighted by Gasteiger charge is 2.37. The van der Waals surface area contributed by atoms with Gasteiger partial charge in [0.25, 0.3) is 5.91 Å². The van der Waals surface area contributed by atoms with Gasteiger partial charge in [0.15, 0.2) is 0 Å². The number of likely N-dealkylation sites (tertiary alicyclic amines) is 2. The largest absolute Gasteiger partial charge is 0.465 e. The number of amides is 3. The number of carbonyl (C=O) groups is 3. The van der Waals surface area contributed by atoms with Crippen molar-refractivity contribution in [2.24, 2.45) is 0 Å². The molecule has 268 valence electrons. The molecule has 12 nitrogen and oxygen atoms in total. The molecule has 0 spiro atoms. The number of aromatic nitrogens is 4. The maximum Gasteiger partial charge on any atom is 0.405 e. The number of rotatable bonds is 10. The summed E-state index contributed by atoms with van der Waals surface area (Å²) in [4.78, 5) is 60.3. The number of aromatic amines is 2. The highest BCUT2D eigenvalue weighted by Crippen LogP contribution is 2.35. The van der Waals surface area contributed by atoms with Crippen LogP contribution in [0.1, 0.15) is 67.9 Å². The first-order valence-electron chi connectivity index (χ1n) is 17.8. The molecule has 0 aliphatic carbocycles. The van der Waals surface area contributed by atoms with Gasteiger partial charge in [0.1, 0.15) is 17.7 Å². The molecule has 12 heteroatoms. The van der Waals surface area contributed by atoms with Crippen LogP contribution in [-0.4, -0.2) is 90.9 Å². The molecule has 2 aliphatic heterocycles. The Balaban J connectivity index is 1.02. The minimum absolute atomic E-state index is 0.0416. The van der Waals surface area contributed by atoms with Gasteiger partial charge in [-0.25, -0.2) is 14.8 Å². The van der Waals surface area contributed by atoms with Gasteiger partial charge in [-0.05, 0) is 74.5 Å². The monoisotopic (exact) mass is 700 g/mol. The van der Waals surface area contributed by atoms with Gasteiger partial charge < -0.3 is 30.2 Å². The summed E-state index contributed by atoms with van der Waals surface area (Å²) >= 11 is 0. The van der Waals surface area contributed by atoms with Crippen LogP contribution in [0, 0.1) is 0 Å². The molecular formula is C40H44N8O4. The van der Waals surface area contributed by atoms with E-state index in [0.29, 0.717) is 17.9 Å². The quantitative estimate of drug-likeness (QED) is 0.131. The molecule has 5 aromatic rings. The summed E-state index contributed by atoms with van der Waals surface area (Å²) in [7, 11) is 3.85. The first-order valence-corrected chi connectivity index (χ1v) is 17.8. The second kappa shape index (κ2) is 14.8. The van der Waals surface area contributed by atoms with Gasteiger partial charge in [-0.3, -0.25) is 14.5 Å². The molecule has 2 aromatic heterocycles. The Labute approximate surface area is 302 Å². The van der Waals surface area contributed by atoms with Crippen molar-refractivity contribution in [3.05, 3.63) is 108 Å². The first-order chi connectivity index (χ1) is 25.2. The normalized spacial score (nSPS) is 18.5.